The second-order valence-corrected chi connectivity index (χ2v) is 4.02. The van der Waals surface area contributed by atoms with Gasteiger partial charge in [0.15, 0.2) is 0 Å². The second-order valence-electron chi connectivity index (χ2n) is 4.02. The van der Waals surface area contributed by atoms with Gasteiger partial charge in [0, 0.05) is 31.5 Å². The second kappa shape index (κ2) is 8.50. The van der Waals surface area contributed by atoms with Gasteiger partial charge in [-0.2, -0.15) is 0 Å². The van der Waals surface area contributed by atoms with Gasteiger partial charge >= 0.3 is 0 Å². The zero-order valence-corrected chi connectivity index (χ0v) is 11.1. The maximum Gasteiger partial charge on any atom is 0.0312 e. The molecule has 0 aliphatic carbocycles. The molecule has 0 aliphatic rings. The Morgan fingerprint density at radius 3 is 2.69 bits per heavy atom. The van der Waals surface area contributed by atoms with E-state index in [1.54, 1.807) is 6.20 Å². The lowest BCUT2D eigenvalue weighted by Crippen LogP contribution is -2.37. The van der Waals surface area contributed by atoms with E-state index in [2.05, 4.69) is 42.3 Å². The number of hydrogen-bond acceptors (Lipinski definition) is 3. The molecule has 1 unspecified atom stereocenters. The van der Waals surface area contributed by atoms with Gasteiger partial charge in [-0.05, 0) is 32.1 Å². The Labute approximate surface area is 105 Å². The van der Waals surface area contributed by atoms with Crippen LogP contribution in [0.3, 0.4) is 0 Å². The van der Waals surface area contributed by atoms with Crippen molar-refractivity contribution in [1.29, 1.82) is 0 Å². The highest BCUT2D eigenvalue weighted by molar-refractivity contribution is 5.85. The molecule has 1 N–H and O–H groups in total. The average molecular weight is 244 g/mol. The molecule has 16 heavy (non-hydrogen) atoms. The van der Waals surface area contributed by atoms with Crippen molar-refractivity contribution >= 4 is 12.4 Å². The minimum atomic E-state index is 0. The molecule has 3 nitrogen and oxygen atoms in total. The van der Waals surface area contributed by atoms with Gasteiger partial charge in [0.25, 0.3) is 0 Å². The molecule has 0 aliphatic heterocycles. The topological polar surface area (TPSA) is 28.2 Å². The maximum atomic E-state index is 4.09. The van der Waals surface area contributed by atoms with Gasteiger partial charge < -0.3 is 10.2 Å². The first-order valence-corrected chi connectivity index (χ1v) is 5.50. The highest BCUT2D eigenvalue weighted by atomic mass is 35.5. The van der Waals surface area contributed by atoms with Crippen LogP contribution in [-0.2, 0) is 6.54 Å². The summed E-state index contributed by atoms with van der Waals surface area (Å²) in [6, 6.07) is 4.68. The Morgan fingerprint density at radius 1 is 1.44 bits per heavy atom. The van der Waals surface area contributed by atoms with Crippen LogP contribution in [0.25, 0.3) is 0 Å². The number of aromatic nitrogens is 1. The predicted octanol–water partition coefficient (Wildman–Crippen LogP) is 1.93. The molecule has 1 rings (SSSR count). The Kier molecular flexibility index (Phi) is 8.16. The Morgan fingerprint density at radius 2 is 2.19 bits per heavy atom. The molecule has 0 saturated heterocycles. The van der Waals surface area contributed by atoms with Crippen molar-refractivity contribution in [3.05, 3.63) is 30.1 Å². The number of halogens is 1. The molecule has 0 bridgehead atoms. The molecule has 0 radical (unpaired) electrons. The van der Waals surface area contributed by atoms with E-state index >= 15 is 0 Å². The van der Waals surface area contributed by atoms with Crippen molar-refractivity contribution in [2.45, 2.75) is 25.9 Å². The molecular weight excluding hydrogens is 222 g/mol. The van der Waals surface area contributed by atoms with Crippen LogP contribution in [0.4, 0.5) is 0 Å². The molecule has 92 valence electrons. The van der Waals surface area contributed by atoms with Gasteiger partial charge in [0.2, 0.25) is 0 Å². The molecule has 1 aromatic heterocycles. The molecule has 4 heteroatoms. The molecule has 0 saturated carbocycles. The molecule has 1 aromatic rings. The lowest BCUT2D eigenvalue weighted by Gasteiger charge is -2.23. The fourth-order valence-corrected chi connectivity index (χ4v) is 1.58. The summed E-state index contributed by atoms with van der Waals surface area (Å²) >= 11 is 0. The molecular formula is C12H22ClN3. The van der Waals surface area contributed by atoms with Crippen molar-refractivity contribution in [3.63, 3.8) is 0 Å². The third-order valence-electron chi connectivity index (χ3n) is 2.63. The van der Waals surface area contributed by atoms with Crippen molar-refractivity contribution in [2.24, 2.45) is 0 Å². The van der Waals surface area contributed by atoms with Crippen LogP contribution in [0.2, 0.25) is 0 Å². The van der Waals surface area contributed by atoms with Crippen LogP contribution in [-0.4, -0.2) is 36.6 Å². The number of nitrogens with one attached hydrogen (secondary N) is 1. The van der Waals surface area contributed by atoms with Crippen molar-refractivity contribution in [1.82, 2.24) is 15.2 Å². The van der Waals surface area contributed by atoms with E-state index in [-0.39, 0.29) is 12.4 Å². The normalized spacial score (nSPS) is 12.2. The zero-order valence-electron chi connectivity index (χ0n) is 10.3. The van der Waals surface area contributed by atoms with Crippen molar-refractivity contribution in [2.75, 3.05) is 20.6 Å². The van der Waals surface area contributed by atoms with Gasteiger partial charge in [-0.25, -0.2) is 0 Å². The summed E-state index contributed by atoms with van der Waals surface area (Å²) in [5, 5.41) is 3.45. The lowest BCUT2D eigenvalue weighted by atomic mass is 10.2. The van der Waals surface area contributed by atoms with Crippen LogP contribution < -0.4 is 5.32 Å². The lowest BCUT2D eigenvalue weighted by molar-refractivity contribution is 0.276. The minimum absolute atomic E-state index is 0. The molecule has 1 atom stereocenters. The van der Waals surface area contributed by atoms with Gasteiger partial charge in [0.05, 0.1) is 0 Å². The summed E-state index contributed by atoms with van der Waals surface area (Å²) in [5.41, 5.74) is 1.24. The Hall–Kier alpha value is -0.640. The zero-order chi connectivity index (χ0) is 11.1. The first-order chi connectivity index (χ1) is 7.24. The summed E-state index contributed by atoms with van der Waals surface area (Å²) < 4.78 is 0. The quantitative estimate of drug-likeness (QED) is 0.828. The monoisotopic (exact) mass is 243 g/mol. The summed E-state index contributed by atoms with van der Waals surface area (Å²) in [4.78, 5) is 6.35. The van der Waals surface area contributed by atoms with Crippen molar-refractivity contribution in [3.8, 4) is 0 Å². The summed E-state index contributed by atoms with van der Waals surface area (Å²) in [6.45, 7) is 4.15. The molecule has 0 amide bonds. The summed E-state index contributed by atoms with van der Waals surface area (Å²) in [5.74, 6) is 0. The highest BCUT2D eigenvalue weighted by Gasteiger charge is 2.07. The smallest absolute Gasteiger partial charge is 0.0312 e. The van der Waals surface area contributed by atoms with Crippen LogP contribution in [0.1, 0.15) is 18.9 Å². The van der Waals surface area contributed by atoms with Crippen LogP contribution in [0, 0.1) is 0 Å². The maximum absolute atomic E-state index is 4.09. The van der Waals surface area contributed by atoms with E-state index in [4.69, 9.17) is 0 Å². The highest BCUT2D eigenvalue weighted by Crippen LogP contribution is 1.99. The largest absolute Gasteiger partial charge is 0.311 e. The number of pyridine rings is 1. The van der Waals surface area contributed by atoms with Gasteiger partial charge in [0.1, 0.15) is 0 Å². The van der Waals surface area contributed by atoms with Crippen LogP contribution in [0.15, 0.2) is 24.5 Å². The first-order valence-electron chi connectivity index (χ1n) is 5.50. The van der Waals surface area contributed by atoms with Gasteiger partial charge in [-0.3, -0.25) is 4.98 Å². The van der Waals surface area contributed by atoms with Gasteiger partial charge in [-0.1, -0.05) is 13.0 Å². The fraction of sp³-hybridized carbons (Fsp3) is 0.583. The number of likely N-dealkylation sites (N-methyl/N-ethyl adjacent to an activating group) is 1. The molecule has 0 spiro atoms. The summed E-state index contributed by atoms with van der Waals surface area (Å²) in [7, 11) is 4.25. The Bertz CT molecular complexity index is 264. The standard InChI is InChI=1S/C12H21N3.ClH/c1-4-12(15(2)3)10-14-9-11-6-5-7-13-8-11;/h5-8,12,14H,4,9-10H2,1-3H3;1H. The SMILES string of the molecule is CCC(CNCc1cccnc1)N(C)C.Cl. The van der Waals surface area contributed by atoms with Crippen LogP contribution >= 0.6 is 12.4 Å². The number of nitrogens with zero attached hydrogens (tertiary/aromatic N) is 2. The van der Waals surface area contributed by atoms with E-state index in [0.29, 0.717) is 6.04 Å². The van der Waals surface area contributed by atoms with E-state index in [1.165, 1.54) is 12.0 Å². The Balaban J connectivity index is 0.00000225. The fourth-order valence-electron chi connectivity index (χ4n) is 1.58. The van der Waals surface area contributed by atoms with E-state index in [0.717, 1.165) is 13.1 Å². The van der Waals surface area contributed by atoms with E-state index in [9.17, 15) is 0 Å². The first kappa shape index (κ1) is 15.4. The molecule has 0 fully saturated rings. The van der Waals surface area contributed by atoms with E-state index < -0.39 is 0 Å². The third kappa shape index (κ3) is 5.45. The van der Waals surface area contributed by atoms with Crippen molar-refractivity contribution < 1.29 is 0 Å². The van der Waals surface area contributed by atoms with E-state index in [1.807, 2.05) is 12.3 Å². The predicted molar refractivity (Wildman–Crippen MR) is 71.0 cm³/mol. The van der Waals surface area contributed by atoms with Crippen LogP contribution in [0.5, 0.6) is 0 Å². The number of hydrogen-bond donors (Lipinski definition) is 1. The van der Waals surface area contributed by atoms with Gasteiger partial charge in [-0.15, -0.1) is 12.4 Å². The minimum Gasteiger partial charge on any atom is -0.311 e. The third-order valence-corrected chi connectivity index (χ3v) is 2.63. The number of rotatable bonds is 6. The average Bonchev–Trinajstić information content (AvgIpc) is 2.25. The molecule has 0 aromatic carbocycles. The summed E-state index contributed by atoms with van der Waals surface area (Å²) in [6.07, 6.45) is 4.88. The molecule has 1 heterocycles.